The minimum atomic E-state index is -0.299. The molecule has 0 radical (unpaired) electrons. The normalized spacial score (nSPS) is 17.9. The zero-order chi connectivity index (χ0) is 98.7. The van der Waals surface area contributed by atoms with Crippen molar-refractivity contribution < 1.29 is 74.1 Å². The summed E-state index contributed by atoms with van der Waals surface area (Å²) in [5, 5.41) is 19.2. The lowest BCUT2D eigenvalue weighted by Gasteiger charge is -2.33. The third-order valence-corrected chi connectivity index (χ3v) is 25.6. The molecule has 31 nitrogen and oxygen atoms in total. The SMILES string of the molecule is Cc1cccc(Nc2ncnc3cc4c(cc23)OC(CN(C)C)CO4)c1F.Cc1cccc(Nc2ncnc3cc4c(cc23)OC(CN2CCCC2)CO4)c1F.Cc1cccc(Nc2ncnc3cc4c(cc23)OC(CN2CCCCC2)CO4)c1F.Cc1cccc(Nc2ncnc3cc4c(cc23)OC(CN2CCOCC2)CO4)c1F.Cc1cccc(Nc2ncnc3cc4c(cc23)O[C@@H](CN(C)C)CO4)c1F. The fourth-order valence-electron chi connectivity index (χ4n) is 18.2. The predicted octanol–water partition coefficient (Wildman–Crippen LogP) is 18.8. The first-order chi connectivity index (χ1) is 69.5. The number of hydrogen-bond donors (Lipinski definition) is 5. The summed E-state index contributed by atoms with van der Waals surface area (Å²) in [7, 11) is 7.97. The number of hydrogen-bond acceptors (Lipinski definition) is 31. The molecule has 13 heterocycles. The van der Waals surface area contributed by atoms with Crippen LogP contribution in [0.2, 0.25) is 0 Å². The molecule has 10 aromatic carbocycles. The third kappa shape index (κ3) is 23.2. The zero-order valence-electron chi connectivity index (χ0n) is 81.1. The van der Waals surface area contributed by atoms with E-state index in [-0.39, 0.29) is 59.6 Å². The van der Waals surface area contributed by atoms with Gasteiger partial charge in [-0.25, -0.2) is 71.8 Å². The molecule has 23 rings (SSSR count). The van der Waals surface area contributed by atoms with E-state index in [0.717, 1.165) is 123 Å². The van der Waals surface area contributed by atoms with Crippen LogP contribution in [0.15, 0.2) is 183 Å². The van der Waals surface area contributed by atoms with E-state index in [2.05, 4.69) is 101 Å². The second kappa shape index (κ2) is 44.2. The maximum absolute atomic E-state index is 14.5. The molecule has 0 amide bonds. The van der Waals surface area contributed by atoms with Gasteiger partial charge in [0.2, 0.25) is 0 Å². The minimum absolute atomic E-state index is 0.00620. The minimum Gasteiger partial charge on any atom is -0.486 e. The van der Waals surface area contributed by atoms with Crippen molar-refractivity contribution in [1.29, 1.82) is 0 Å². The van der Waals surface area contributed by atoms with Crippen LogP contribution in [-0.2, 0) is 4.74 Å². The number of nitrogens with one attached hydrogen (secondary N) is 5. The Balaban J connectivity index is 0.000000113. The molecule has 3 fully saturated rings. The van der Waals surface area contributed by atoms with E-state index >= 15 is 0 Å². The smallest absolute Gasteiger partial charge is 0.163 e. The summed E-state index contributed by atoms with van der Waals surface area (Å²) in [6.07, 6.45) is 13.4. The molecule has 3 saturated heterocycles. The number of rotatable bonds is 20. The molecular formula is C107H113F5N20O11. The molecule has 0 aliphatic carbocycles. The van der Waals surface area contributed by atoms with Gasteiger partial charge in [-0.15, -0.1) is 0 Å². The topological polar surface area (TPSA) is 307 Å². The quantitative estimate of drug-likeness (QED) is 0.0443. The average molecular weight is 1950 g/mol. The highest BCUT2D eigenvalue weighted by Gasteiger charge is 2.33. The Hall–Kier alpha value is -14.7. The lowest BCUT2D eigenvalue weighted by atomic mass is 10.1. The lowest BCUT2D eigenvalue weighted by molar-refractivity contribution is 0.00322. The van der Waals surface area contributed by atoms with Gasteiger partial charge in [-0.3, -0.25) is 14.7 Å². The molecule has 4 unspecified atom stereocenters. The van der Waals surface area contributed by atoms with Gasteiger partial charge in [-0.2, -0.15) is 0 Å². The summed E-state index contributed by atoms with van der Waals surface area (Å²) in [5.41, 5.74) is 8.28. The van der Waals surface area contributed by atoms with Gasteiger partial charge in [0.05, 0.1) is 69.2 Å². The molecule has 15 aromatic rings. The number of benzene rings is 10. The molecule has 143 heavy (non-hydrogen) atoms. The Morgan fingerprint density at radius 1 is 0.280 bits per heavy atom. The highest BCUT2D eigenvalue weighted by atomic mass is 19.1. The van der Waals surface area contributed by atoms with Gasteiger partial charge in [0.15, 0.2) is 57.5 Å². The van der Waals surface area contributed by atoms with Crippen LogP contribution in [0.1, 0.15) is 59.9 Å². The zero-order valence-corrected chi connectivity index (χ0v) is 81.1. The van der Waals surface area contributed by atoms with Crippen molar-refractivity contribution in [2.24, 2.45) is 0 Å². The van der Waals surface area contributed by atoms with Crippen molar-refractivity contribution in [3.63, 3.8) is 0 Å². The van der Waals surface area contributed by atoms with Crippen LogP contribution >= 0.6 is 0 Å². The van der Waals surface area contributed by atoms with Crippen LogP contribution < -0.4 is 74.0 Å². The number of likely N-dealkylation sites (tertiary alicyclic amines) is 2. The maximum atomic E-state index is 14.5. The molecule has 5 atom stereocenters. The van der Waals surface area contributed by atoms with Gasteiger partial charge in [0, 0.05) is 103 Å². The van der Waals surface area contributed by atoms with E-state index in [1.807, 2.05) is 101 Å². The summed E-state index contributed by atoms with van der Waals surface area (Å²) < 4.78 is 138. The Morgan fingerprint density at radius 2 is 0.503 bits per heavy atom. The Bertz CT molecular complexity index is 6780. The first-order valence-electron chi connectivity index (χ1n) is 48.1. The summed E-state index contributed by atoms with van der Waals surface area (Å²) in [6, 6.07) is 44.7. The predicted molar refractivity (Wildman–Crippen MR) is 540 cm³/mol. The summed E-state index contributed by atoms with van der Waals surface area (Å²) in [5.74, 6) is 7.78. The fourth-order valence-corrected chi connectivity index (χ4v) is 18.2. The van der Waals surface area contributed by atoms with Crippen LogP contribution in [0.25, 0.3) is 54.5 Å². The van der Waals surface area contributed by atoms with Crippen molar-refractivity contribution >= 4 is 112 Å². The number of morpholine rings is 1. The van der Waals surface area contributed by atoms with E-state index in [0.29, 0.717) is 192 Å². The lowest BCUT2D eigenvalue weighted by Crippen LogP contribution is -2.45. The molecule has 5 N–H and O–H groups in total. The van der Waals surface area contributed by atoms with Crippen molar-refractivity contribution in [3.8, 4) is 57.5 Å². The Morgan fingerprint density at radius 3 is 0.748 bits per heavy atom. The van der Waals surface area contributed by atoms with Gasteiger partial charge >= 0.3 is 0 Å². The number of ether oxygens (including phenoxy) is 11. The molecule has 5 aromatic heterocycles. The van der Waals surface area contributed by atoms with Gasteiger partial charge in [0.1, 0.15) is 153 Å². The van der Waals surface area contributed by atoms with Crippen LogP contribution in [0.3, 0.4) is 0 Å². The van der Waals surface area contributed by atoms with E-state index in [9.17, 15) is 22.0 Å². The van der Waals surface area contributed by atoms with Crippen molar-refractivity contribution in [3.05, 3.63) is 240 Å². The molecule has 36 heteroatoms. The molecule has 742 valence electrons. The summed E-state index contributed by atoms with van der Waals surface area (Å²) in [4.78, 5) is 54.5. The number of likely N-dealkylation sites (N-methyl/N-ethyl adjacent to an activating group) is 2. The van der Waals surface area contributed by atoms with Gasteiger partial charge in [-0.05, 0) is 203 Å². The molecule has 8 aliphatic heterocycles. The van der Waals surface area contributed by atoms with Crippen molar-refractivity contribution in [2.45, 2.75) is 97.2 Å². The number of fused-ring (bicyclic) bond motifs is 10. The maximum Gasteiger partial charge on any atom is 0.163 e. The number of anilines is 10. The van der Waals surface area contributed by atoms with Crippen molar-refractivity contribution in [1.82, 2.24) is 74.3 Å². The number of aromatic nitrogens is 10. The highest BCUT2D eigenvalue weighted by Crippen LogP contribution is 2.45. The van der Waals surface area contributed by atoms with Gasteiger partial charge in [0.25, 0.3) is 0 Å². The van der Waals surface area contributed by atoms with Crippen LogP contribution in [0.5, 0.6) is 57.5 Å². The second-order valence-electron chi connectivity index (χ2n) is 37.1. The van der Waals surface area contributed by atoms with E-state index in [1.165, 1.54) is 63.7 Å². The number of nitrogens with zero attached hydrogens (tertiary/aromatic N) is 15. The third-order valence-electron chi connectivity index (χ3n) is 25.6. The molecule has 0 saturated carbocycles. The van der Waals surface area contributed by atoms with E-state index in [4.69, 9.17) is 52.1 Å². The number of halogens is 5. The molecular weight excluding hydrogens is 1840 g/mol. The average Bonchev–Trinajstić information content (AvgIpc) is 1.66. The number of aryl methyl sites for hydroxylation is 5. The standard InChI is InChI=1S/C23H25FN4O2.C22H23FN4O3.C22H23FN4O2.2C20H21FN4O2/c1-15-6-5-7-18(22(15)24)27-23-17-10-21-20(11-19(17)25-14-26-23)29-13-16(30-21)12-28-8-3-2-4-9-28;1-14-3-2-4-17(21(14)23)26-22-16-9-20-19(10-18(16)24-13-25-22)29-12-15(30-20)11-27-5-7-28-8-6-27;1-14-5-4-6-17(21(14)23)26-22-16-9-20-19(10-18(16)24-13-25-22)28-12-15(29-20)11-27-7-2-3-8-27;2*1-12-5-4-6-15(19(12)21)24-20-14-7-18-17(8-16(14)22-11-23-20)26-10-13(27-18)9-25(2)3/h5-7,10-11,14,16H,2-4,8-9,12-13H2,1H3,(H,25,26,27);2-4,9-10,13,15H,5-8,11-12H2,1H3,(H,24,25,26);4-6,9-10,13,15H,2-3,7-8,11-12H2,1H3,(H,24,25,26);2*4-8,11,13H,9-10H2,1-3H3,(H,22,23,24)/t;;;13-;/m...0./s1. The first kappa shape index (κ1) is 97.1. The van der Waals surface area contributed by atoms with Gasteiger partial charge < -0.3 is 88.5 Å². The van der Waals surface area contributed by atoms with Crippen molar-refractivity contribution in [2.75, 3.05) is 173 Å². The monoisotopic (exact) mass is 1950 g/mol. The van der Waals surface area contributed by atoms with Crippen LogP contribution in [-0.4, -0.2) is 251 Å². The summed E-state index contributed by atoms with van der Waals surface area (Å²) in [6.45, 7) is 23.0. The molecule has 0 spiro atoms. The Labute approximate surface area is 824 Å². The van der Waals surface area contributed by atoms with E-state index in [1.54, 1.807) is 113 Å². The Kier molecular flexibility index (Phi) is 30.0. The molecule has 0 bridgehead atoms. The molecule has 8 aliphatic rings. The van der Waals surface area contributed by atoms with Crippen LogP contribution in [0, 0.1) is 63.7 Å². The number of piperidine rings is 1. The fraction of sp³-hybridized carbons (Fsp3) is 0.346. The van der Waals surface area contributed by atoms with Gasteiger partial charge in [-0.1, -0.05) is 67.1 Å². The first-order valence-corrected chi connectivity index (χ1v) is 48.1. The second-order valence-corrected chi connectivity index (χ2v) is 37.1. The highest BCUT2D eigenvalue weighted by molar-refractivity contribution is 5.97. The largest absolute Gasteiger partial charge is 0.486 e. The van der Waals surface area contributed by atoms with Crippen LogP contribution in [0.4, 0.5) is 79.5 Å². The summed E-state index contributed by atoms with van der Waals surface area (Å²) >= 11 is 0. The van der Waals surface area contributed by atoms with E-state index < -0.39 is 0 Å².